The number of ether oxygens (including phenoxy) is 1. The maximum Gasteiger partial charge on any atom is 0.319 e. The molecule has 1 aliphatic heterocycles. The van der Waals surface area contributed by atoms with Crippen LogP contribution in [0.5, 0.6) is 0 Å². The number of rotatable bonds is 1. The molecule has 2 fully saturated rings. The highest BCUT2D eigenvalue weighted by molar-refractivity contribution is 6.06. The molecule has 0 amide bonds. The van der Waals surface area contributed by atoms with Gasteiger partial charge in [0.1, 0.15) is 5.41 Å². The van der Waals surface area contributed by atoms with Gasteiger partial charge in [-0.3, -0.25) is 9.59 Å². The summed E-state index contributed by atoms with van der Waals surface area (Å²) in [6, 6.07) is 2.10. The Morgan fingerprint density at radius 3 is 2.71 bits per heavy atom. The van der Waals surface area contributed by atoms with Crippen LogP contribution < -0.4 is 0 Å². The summed E-state index contributed by atoms with van der Waals surface area (Å²) in [7, 11) is 0. The lowest BCUT2D eigenvalue weighted by Crippen LogP contribution is -2.47. The quantitative estimate of drug-likeness (QED) is 0.513. The molecule has 0 bridgehead atoms. The van der Waals surface area contributed by atoms with Crippen LogP contribution in [0.25, 0.3) is 0 Å². The Morgan fingerprint density at radius 2 is 2.18 bits per heavy atom. The van der Waals surface area contributed by atoms with Crippen molar-refractivity contribution in [3.05, 3.63) is 0 Å². The highest BCUT2D eigenvalue weighted by atomic mass is 16.5. The molecule has 2 atom stereocenters. The van der Waals surface area contributed by atoms with Crippen molar-refractivity contribution in [2.75, 3.05) is 6.61 Å². The van der Waals surface area contributed by atoms with Gasteiger partial charge in [0.2, 0.25) is 0 Å². The minimum Gasteiger partial charge on any atom is -0.465 e. The van der Waals surface area contributed by atoms with Crippen LogP contribution in [-0.2, 0) is 14.3 Å². The molecular weight excluding hydrogens is 218 g/mol. The van der Waals surface area contributed by atoms with Crippen molar-refractivity contribution in [1.29, 1.82) is 5.26 Å². The number of esters is 1. The SMILES string of the molecule is CC1(C)CC(=O)[C@]2(C1)C(=O)OCC[C@H]2CC#N. The zero-order chi connectivity index (χ0) is 12.7. The predicted molar refractivity (Wildman–Crippen MR) is 59.8 cm³/mol. The lowest BCUT2D eigenvalue weighted by molar-refractivity contribution is -0.171. The fourth-order valence-electron chi connectivity index (χ4n) is 3.29. The molecule has 1 heterocycles. The largest absolute Gasteiger partial charge is 0.465 e. The predicted octanol–water partition coefficient (Wildman–Crippen LogP) is 1.84. The van der Waals surface area contributed by atoms with Gasteiger partial charge in [0.25, 0.3) is 0 Å². The molecule has 2 aliphatic rings. The third-order valence-electron chi connectivity index (χ3n) is 3.99. The van der Waals surface area contributed by atoms with Gasteiger partial charge in [-0.05, 0) is 24.2 Å². The monoisotopic (exact) mass is 235 g/mol. The molecule has 17 heavy (non-hydrogen) atoms. The molecule has 2 rings (SSSR count). The van der Waals surface area contributed by atoms with Crippen LogP contribution in [0.1, 0.15) is 39.5 Å². The van der Waals surface area contributed by atoms with E-state index in [0.29, 0.717) is 25.9 Å². The molecule has 0 aromatic rings. The number of hydrogen-bond acceptors (Lipinski definition) is 4. The van der Waals surface area contributed by atoms with E-state index in [1.165, 1.54) is 0 Å². The molecule has 0 radical (unpaired) electrons. The second-order valence-electron chi connectivity index (χ2n) is 5.90. The minimum atomic E-state index is -1.03. The van der Waals surface area contributed by atoms with Crippen molar-refractivity contribution in [1.82, 2.24) is 0 Å². The average Bonchev–Trinajstić information content (AvgIpc) is 2.46. The lowest BCUT2D eigenvalue weighted by Gasteiger charge is -2.37. The Bertz CT molecular complexity index is 407. The van der Waals surface area contributed by atoms with Crippen molar-refractivity contribution in [3.63, 3.8) is 0 Å². The van der Waals surface area contributed by atoms with E-state index < -0.39 is 11.4 Å². The van der Waals surface area contributed by atoms with Crippen molar-refractivity contribution < 1.29 is 14.3 Å². The number of cyclic esters (lactones) is 1. The molecule has 1 aliphatic carbocycles. The van der Waals surface area contributed by atoms with E-state index in [0.717, 1.165) is 0 Å². The van der Waals surface area contributed by atoms with Gasteiger partial charge in [-0.15, -0.1) is 0 Å². The van der Waals surface area contributed by atoms with E-state index in [2.05, 4.69) is 6.07 Å². The Hall–Kier alpha value is -1.37. The molecule has 1 saturated heterocycles. The normalized spacial score (nSPS) is 35.7. The van der Waals surface area contributed by atoms with Crippen molar-refractivity contribution >= 4 is 11.8 Å². The highest BCUT2D eigenvalue weighted by Crippen LogP contribution is 2.54. The number of nitriles is 1. The maximum absolute atomic E-state index is 12.3. The molecule has 0 N–H and O–H groups in total. The fraction of sp³-hybridized carbons (Fsp3) is 0.769. The van der Waals surface area contributed by atoms with Crippen LogP contribution in [0.4, 0.5) is 0 Å². The zero-order valence-electron chi connectivity index (χ0n) is 10.3. The van der Waals surface area contributed by atoms with Gasteiger partial charge in [-0.1, -0.05) is 13.8 Å². The van der Waals surface area contributed by atoms with Gasteiger partial charge in [0, 0.05) is 12.8 Å². The molecule has 4 heteroatoms. The molecule has 1 spiro atoms. The second-order valence-corrected chi connectivity index (χ2v) is 5.90. The third-order valence-corrected chi connectivity index (χ3v) is 3.99. The molecule has 0 unspecified atom stereocenters. The summed E-state index contributed by atoms with van der Waals surface area (Å²) in [6.45, 7) is 4.32. The first-order chi connectivity index (χ1) is 7.92. The molecule has 92 valence electrons. The van der Waals surface area contributed by atoms with Crippen molar-refractivity contribution in [2.24, 2.45) is 16.7 Å². The Morgan fingerprint density at radius 1 is 1.47 bits per heavy atom. The van der Waals surface area contributed by atoms with E-state index in [1.54, 1.807) is 0 Å². The lowest BCUT2D eigenvalue weighted by atomic mass is 9.67. The summed E-state index contributed by atoms with van der Waals surface area (Å²) < 4.78 is 5.09. The molecule has 4 nitrogen and oxygen atoms in total. The fourth-order valence-corrected chi connectivity index (χ4v) is 3.29. The minimum absolute atomic E-state index is 0.0348. The summed E-state index contributed by atoms with van der Waals surface area (Å²) in [5.74, 6) is -0.602. The average molecular weight is 235 g/mol. The molecule has 0 aromatic heterocycles. The summed E-state index contributed by atoms with van der Waals surface area (Å²) in [5, 5.41) is 8.85. The Labute approximate surface area is 101 Å². The zero-order valence-corrected chi connectivity index (χ0v) is 10.3. The van der Waals surface area contributed by atoms with Crippen LogP contribution in [0, 0.1) is 28.1 Å². The van der Waals surface area contributed by atoms with Crippen LogP contribution >= 0.6 is 0 Å². The summed E-state index contributed by atoms with van der Waals surface area (Å²) in [6.07, 6.45) is 1.81. The molecular formula is C13H17NO3. The van der Waals surface area contributed by atoms with Gasteiger partial charge < -0.3 is 4.74 Å². The van der Waals surface area contributed by atoms with E-state index in [9.17, 15) is 9.59 Å². The van der Waals surface area contributed by atoms with E-state index >= 15 is 0 Å². The topological polar surface area (TPSA) is 67.2 Å². The summed E-state index contributed by atoms with van der Waals surface area (Å²) >= 11 is 0. The van der Waals surface area contributed by atoms with Gasteiger partial charge in [-0.25, -0.2) is 0 Å². The number of nitrogens with zero attached hydrogens (tertiary/aromatic N) is 1. The maximum atomic E-state index is 12.3. The summed E-state index contributed by atoms with van der Waals surface area (Å²) in [4.78, 5) is 24.3. The number of hydrogen-bond donors (Lipinski definition) is 0. The number of carbonyl (C=O) groups is 2. The van der Waals surface area contributed by atoms with Crippen LogP contribution in [0.15, 0.2) is 0 Å². The number of ketones is 1. The second kappa shape index (κ2) is 3.83. The van der Waals surface area contributed by atoms with Crippen LogP contribution in [-0.4, -0.2) is 18.4 Å². The first-order valence-corrected chi connectivity index (χ1v) is 6.00. The molecule has 1 saturated carbocycles. The Kier molecular flexibility index (Phi) is 2.73. The highest BCUT2D eigenvalue weighted by Gasteiger charge is 2.61. The van der Waals surface area contributed by atoms with Crippen LogP contribution in [0.3, 0.4) is 0 Å². The van der Waals surface area contributed by atoms with Crippen LogP contribution in [0.2, 0.25) is 0 Å². The van der Waals surface area contributed by atoms with Crippen molar-refractivity contribution in [2.45, 2.75) is 39.5 Å². The standard InChI is InChI=1S/C13H17NO3/c1-12(2)7-10(15)13(8-12)9(3-5-14)4-6-17-11(13)16/h9H,3-4,6-8H2,1-2H3/t9-,13-/m1/s1. The van der Waals surface area contributed by atoms with E-state index in [-0.39, 0.29) is 23.5 Å². The van der Waals surface area contributed by atoms with Gasteiger partial charge in [0.15, 0.2) is 5.78 Å². The smallest absolute Gasteiger partial charge is 0.319 e. The van der Waals surface area contributed by atoms with Gasteiger partial charge in [-0.2, -0.15) is 5.26 Å². The van der Waals surface area contributed by atoms with E-state index in [1.807, 2.05) is 13.8 Å². The number of carbonyl (C=O) groups excluding carboxylic acids is 2. The van der Waals surface area contributed by atoms with Gasteiger partial charge >= 0.3 is 5.97 Å². The Balaban J connectivity index is 2.40. The first-order valence-electron chi connectivity index (χ1n) is 6.00. The number of Topliss-reactive ketones (excluding diaryl/α,β-unsaturated/α-hetero) is 1. The third kappa shape index (κ3) is 1.74. The van der Waals surface area contributed by atoms with E-state index in [4.69, 9.17) is 10.00 Å². The first kappa shape index (κ1) is 12.1. The van der Waals surface area contributed by atoms with Gasteiger partial charge in [0.05, 0.1) is 12.7 Å². The summed E-state index contributed by atoms with van der Waals surface area (Å²) in [5.41, 5.74) is -1.20. The van der Waals surface area contributed by atoms with Crippen molar-refractivity contribution in [3.8, 4) is 6.07 Å². The molecule has 0 aromatic carbocycles.